The molecule has 0 aliphatic carbocycles. The van der Waals surface area contributed by atoms with Crippen LogP contribution in [0.5, 0.6) is 6.01 Å². The maximum absolute atomic E-state index is 12.2. The van der Waals surface area contributed by atoms with E-state index in [0.717, 1.165) is 26.2 Å². The minimum atomic E-state index is -0.239. The van der Waals surface area contributed by atoms with Gasteiger partial charge in [0, 0.05) is 26.2 Å². The molecule has 0 aromatic carbocycles. The van der Waals surface area contributed by atoms with E-state index in [2.05, 4.69) is 37.0 Å². The molecular weight excluding hydrogens is 284 g/mol. The SMILES string of the molecule is CC#CCn1c(=O)[nH]c2nc(OC)nc(N3CCNCC3)c21. The summed E-state index contributed by atoms with van der Waals surface area (Å²) in [5.74, 6) is 6.43. The first kappa shape index (κ1) is 14.4. The summed E-state index contributed by atoms with van der Waals surface area (Å²) < 4.78 is 6.73. The standard InChI is InChI=1S/C14H18N6O2/c1-3-4-7-20-10-11(17-14(20)21)16-13(22-2)18-12(10)19-8-5-15-6-9-19/h15H,5-9H2,1-2H3,(H,16,17,18,21). The number of ether oxygens (including phenoxy) is 1. The Labute approximate surface area is 127 Å². The molecule has 0 spiro atoms. The molecule has 3 heterocycles. The maximum Gasteiger partial charge on any atom is 0.328 e. The van der Waals surface area contributed by atoms with Gasteiger partial charge in [0.1, 0.15) is 5.52 Å². The molecule has 1 fully saturated rings. The van der Waals surface area contributed by atoms with E-state index in [0.29, 0.717) is 23.5 Å². The number of aromatic nitrogens is 4. The molecule has 0 radical (unpaired) electrons. The van der Waals surface area contributed by atoms with E-state index in [4.69, 9.17) is 4.74 Å². The first-order chi connectivity index (χ1) is 10.7. The van der Waals surface area contributed by atoms with Gasteiger partial charge in [-0.05, 0) is 6.92 Å². The Morgan fingerprint density at radius 3 is 2.77 bits per heavy atom. The molecule has 1 aliphatic heterocycles. The zero-order valence-electron chi connectivity index (χ0n) is 12.6. The van der Waals surface area contributed by atoms with Crippen LogP contribution in [0.25, 0.3) is 11.2 Å². The van der Waals surface area contributed by atoms with E-state index in [-0.39, 0.29) is 11.7 Å². The number of aromatic amines is 1. The fourth-order valence-corrected chi connectivity index (χ4v) is 2.53. The fourth-order valence-electron chi connectivity index (χ4n) is 2.53. The third-order valence-corrected chi connectivity index (χ3v) is 3.60. The van der Waals surface area contributed by atoms with Crippen LogP contribution in [-0.2, 0) is 6.54 Å². The predicted octanol–water partition coefficient (Wildman–Crippen LogP) is -0.439. The van der Waals surface area contributed by atoms with Crippen molar-refractivity contribution in [2.24, 2.45) is 0 Å². The van der Waals surface area contributed by atoms with Gasteiger partial charge in [-0.15, -0.1) is 5.92 Å². The minimum Gasteiger partial charge on any atom is -0.467 e. The van der Waals surface area contributed by atoms with E-state index in [1.165, 1.54) is 7.11 Å². The highest BCUT2D eigenvalue weighted by Crippen LogP contribution is 2.24. The van der Waals surface area contributed by atoms with E-state index >= 15 is 0 Å². The second-order valence-corrected chi connectivity index (χ2v) is 4.91. The van der Waals surface area contributed by atoms with Crippen LogP contribution in [0.15, 0.2) is 4.79 Å². The van der Waals surface area contributed by atoms with Gasteiger partial charge >= 0.3 is 11.7 Å². The van der Waals surface area contributed by atoms with Crippen LogP contribution in [-0.4, -0.2) is 52.8 Å². The zero-order valence-corrected chi connectivity index (χ0v) is 12.6. The third kappa shape index (κ3) is 2.51. The molecule has 0 bridgehead atoms. The van der Waals surface area contributed by atoms with E-state index < -0.39 is 0 Å². The molecule has 0 atom stereocenters. The van der Waals surface area contributed by atoms with Gasteiger partial charge in [-0.1, -0.05) is 5.92 Å². The summed E-state index contributed by atoms with van der Waals surface area (Å²) in [7, 11) is 1.51. The van der Waals surface area contributed by atoms with Crippen LogP contribution in [0.3, 0.4) is 0 Å². The Hall–Kier alpha value is -2.53. The number of rotatable bonds is 3. The Morgan fingerprint density at radius 1 is 1.32 bits per heavy atom. The van der Waals surface area contributed by atoms with Gasteiger partial charge in [-0.3, -0.25) is 9.55 Å². The van der Waals surface area contributed by atoms with E-state index in [9.17, 15) is 4.79 Å². The molecule has 1 aliphatic rings. The number of hydrogen-bond donors (Lipinski definition) is 2. The molecule has 2 N–H and O–H groups in total. The molecule has 8 heteroatoms. The highest BCUT2D eigenvalue weighted by Gasteiger charge is 2.21. The van der Waals surface area contributed by atoms with Crippen molar-refractivity contribution in [3.05, 3.63) is 10.5 Å². The molecule has 2 aromatic rings. The second-order valence-electron chi connectivity index (χ2n) is 4.91. The highest BCUT2D eigenvalue weighted by molar-refractivity contribution is 5.84. The quantitative estimate of drug-likeness (QED) is 0.748. The highest BCUT2D eigenvalue weighted by atomic mass is 16.5. The van der Waals surface area contributed by atoms with Crippen molar-refractivity contribution in [2.75, 3.05) is 38.2 Å². The van der Waals surface area contributed by atoms with Gasteiger partial charge in [-0.25, -0.2) is 4.79 Å². The lowest BCUT2D eigenvalue weighted by atomic mass is 10.3. The van der Waals surface area contributed by atoms with Crippen molar-refractivity contribution in [1.29, 1.82) is 0 Å². The van der Waals surface area contributed by atoms with Crippen LogP contribution >= 0.6 is 0 Å². The number of fused-ring (bicyclic) bond motifs is 1. The Balaban J connectivity index is 2.20. The molecule has 116 valence electrons. The number of piperazine rings is 1. The summed E-state index contributed by atoms with van der Waals surface area (Å²) in [6.45, 7) is 5.43. The van der Waals surface area contributed by atoms with Crippen molar-refractivity contribution in [2.45, 2.75) is 13.5 Å². The lowest BCUT2D eigenvalue weighted by Crippen LogP contribution is -2.44. The largest absolute Gasteiger partial charge is 0.467 e. The second kappa shape index (κ2) is 6.07. The number of nitrogens with one attached hydrogen (secondary N) is 2. The molecular formula is C14H18N6O2. The Bertz CT molecular complexity index is 791. The summed E-state index contributed by atoms with van der Waals surface area (Å²) in [5, 5.41) is 3.30. The molecule has 2 aromatic heterocycles. The number of nitrogens with zero attached hydrogens (tertiary/aromatic N) is 4. The van der Waals surface area contributed by atoms with Gasteiger partial charge in [-0.2, -0.15) is 9.97 Å². The zero-order chi connectivity index (χ0) is 15.5. The number of imidazole rings is 1. The average molecular weight is 302 g/mol. The molecule has 0 saturated carbocycles. The maximum atomic E-state index is 12.2. The van der Waals surface area contributed by atoms with Crippen molar-refractivity contribution < 1.29 is 4.74 Å². The molecule has 3 rings (SSSR count). The van der Waals surface area contributed by atoms with Crippen LogP contribution in [0.1, 0.15) is 6.92 Å². The fraction of sp³-hybridized carbons (Fsp3) is 0.500. The summed E-state index contributed by atoms with van der Waals surface area (Å²) >= 11 is 0. The molecule has 1 saturated heterocycles. The smallest absolute Gasteiger partial charge is 0.328 e. The van der Waals surface area contributed by atoms with Crippen molar-refractivity contribution in [3.8, 4) is 17.9 Å². The third-order valence-electron chi connectivity index (χ3n) is 3.60. The van der Waals surface area contributed by atoms with Crippen molar-refractivity contribution in [3.63, 3.8) is 0 Å². The first-order valence-electron chi connectivity index (χ1n) is 7.14. The number of anilines is 1. The van der Waals surface area contributed by atoms with Gasteiger partial charge < -0.3 is 15.0 Å². The van der Waals surface area contributed by atoms with Gasteiger partial charge in [0.05, 0.1) is 13.7 Å². The van der Waals surface area contributed by atoms with Crippen LogP contribution < -0.4 is 20.6 Å². The Morgan fingerprint density at radius 2 is 2.09 bits per heavy atom. The van der Waals surface area contributed by atoms with Gasteiger partial charge in [0.2, 0.25) is 0 Å². The summed E-state index contributed by atoms with van der Waals surface area (Å²) in [6, 6.07) is 0.246. The summed E-state index contributed by atoms with van der Waals surface area (Å²) in [6.07, 6.45) is 0. The van der Waals surface area contributed by atoms with E-state index in [1.54, 1.807) is 11.5 Å². The topological polar surface area (TPSA) is 88.1 Å². The lowest BCUT2D eigenvalue weighted by Gasteiger charge is -2.28. The molecule has 0 unspecified atom stereocenters. The van der Waals surface area contributed by atoms with Crippen molar-refractivity contribution >= 4 is 17.0 Å². The Kier molecular flexibility index (Phi) is 3.98. The minimum absolute atomic E-state index is 0.239. The van der Waals surface area contributed by atoms with Gasteiger partial charge in [0.25, 0.3) is 0 Å². The lowest BCUT2D eigenvalue weighted by molar-refractivity contribution is 0.381. The first-order valence-corrected chi connectivity index (χ1v) is 7.14. The molecule has 8 nitrogen and oxygen atoms in total. The van der Waals surface area contributed by atoms with Crippen molar-refractivity contribution in [1.82, 2.24) is 24.8 Å². The van der Waals surface area contributed by atoms with Crippen LogP contribution in [0.2, 0.25) is 0 Å². The summed E-state index contributed by atoms with van der Waals surface area (Å²) in [4.78, 5) is 25.8. The number of methoxy groups -OCH3 is 1. The summed E-state index contributed by atoms with van der Waals surface area (Å²) in [5.41, 5.74) is 0.912. The van der Waals surface area contributed by atoms with Gasteiger partial charge in [0.15, 0.2) is 11.5 Å². The normalized spacial score (nSPS) is 14.7. The molecule has 0 amide bonds. The van der Waals surface area contributed by atoms with Crippen LogP contribution in [0, 0.1) is 11.8 Å². The number of H-pyrrole nitrogens is 1. The predicted molar refractivity (Wildman–Crippen MR) is 83.2 cm³/mol. The number of hydrogen-bond acceptors (Lipinski definition) is 6. The monoisotopic (exact) mass is 302 g/mol. The van der Waals surface area contributed by atoms with E-state index in [1.807, 2.05) is 0 Å². The average Bonchev–Trinajstić information content (AvgIpc) is 2.88. The molecule has 22 heavy (non-hydrogen) atoms. The van der Waals surface area contributed by atoms with Crippen LogP contribution in [0.4, 0.5) is 5.82 Å².